The number of hydrogen-bond acceptors (Lipinski definition) is 5. The van der Waals surface area contributed by atoms with Gasteiger partial charge in [-0.05, 0) is 44.0 Å². The molecule has 1 N–H and O–H groups in total. The molecule has 0 spiro atoms. The van der Waals surface area contributed by atoms with Crippen LogP contribution in [0.1, 0.15) is 24.3 Å². The molecule has 26 heavy (non-hydrogen) atoms. The number of oxazole rings is 1. The van der Waals surface area contributed by atoms with Crippen LogP contribution < -0.4 is 5.32 Å². The van der Waals surface area contributed by atoms with Gasteiger partial charge in [0.1, 0.15) is 11.8 Å². The van der Waals surface area contributed by atoms with Crippen LogP contribution in [0.3, 0.4) is 0 Å². The SMILES string of the molecule is Cc1oc(-c2ccc(Cl)cc2)nc1CCNCC(=O)N1CCCC1C#N. The van der Waals surface area contributed by atoms with Gasteiger partial charge in [0.05, 0.1) is 18.3 Å². The Bertz CT molecular complexity index is 810. The van der Waals surface area contributed by atoms with Crippen molar-refractivity contribution in [2.24, 2.45) is 0 Å². The standard InChI is InChI=1S/C19H21ClN4O2/c1-13-17(23-19(26-13)14-4-6-15(20)7-5-14)8-9-22-12-18(25)24-10-2-3-16(24)11-21/h4-7,16,22H,2-3,8-10,12H2,1H3. The summed E-state index contributed by atoms with van der Waals surface area (Å²) in [6, 6.07) is 9.26. The molecule has 0 bridgehead atoms. The van der Waals surface area contributed by atoms with Crippen molar-refractivity contribution in [2.75, 3.05) is 19.6 Å². The number of aryl methyl sites for hydroxylation is 1. The molecule has 3 rings (SSSR count). The van der Waals surface area contributed by atoms with Gasteiger partial charge in [-0.15, -0.1) is 0 Å². The van der Waals surface area contributed by atoms with Crippen LogP contribution in [-0.2, 0) is 11.2 Å². The molecule has 1 atom stereocenters. The largest absolute Gasteiger partial charge is 0.441 e. The predicted octanol–water partition coefficient (Wildman–Crippen LogP) is 2.95. The molecule has 1 unspecified atom stereocenters. The van der Waals surface area contributed by atoms with Crippen molar-refractivity contribution in [2.45, 2.75) is 32.2 Å². The number of carbonyl (C=O) groups excluding carboxylic acids is 1. The number of halogens is 1. The fraction of sp³-hybridized carbons (Fsp3) is 0.421. The maximum atomic E-state index is 12.2. The van der Waals surface area contributed by atoms with Gasteiger partial charge in [0, 0.05) is 30.1 Å². The Morgan fingerprint density at radius 1 is 1.46 bits per heavy atom. The molecular formula is C19H21ClN4O2. The Morgan fingerprint density at radius 3 is 2.96 bits per heavy atom. The van der Waals surface area contributed by atoms with Gasteiger partial charge in [0.15, 0.2) is 0 Å². The van der Waals surface area contributed by atoms with Crippen LogP contribution in [0.5, 0.6) is 0 Å². The fourth-order valence-corrected chi connectivity index (χ4v) is 3.20. The molecule has 2 aromatic rings. The Hall–Kier alpha value is -2.36. The zero-order valence-corrected chi connectivity index (χ0v) is 15.4. The second kappa shape index (κ2) is 8.35. The van der Waals surface area contributed by atoms with Gasteiger partial charge in [-0.1, -0.05) is 11.6 Å². The van der Waals surface area contributed by atoms with Crippen LogP contribution >= 0.6 is 11.6 Å². The molecule has 0 saturated carbocycles. The molecule has 1 fully saturated rings. The summed E-state index contributed by atoms with van der Waals surface area (Å²) < 4.78 is 5.74. The number of aromatic nitrogens is 1. The lowest BCUT2D eigenvalue weighted by molar-refractivity contribution is -0.130. The van der Waals surface area contributed by atoms with Crippen molar-refractivity contribution < 1.29 is 9.21 Å². The first-order valence-electron chi connectivity index (χ1n) is 8.70. The minimum atomic E-state index is -0.274. The molecule has 0 radical (unpaired) electrons. The van der Waals surface area contributed by atoms with Gasteiger partial charge in [0.2, 0.25) is 11.8 Å². The third-order valence-corrected chi connectivity index (χ3v) is 4.77. The minimum absolute atomic E-state index is 0.0206. The molecule has 2 heterocycles. The minimum Gasteiger partial charge on any atom is -0.441 e. The van der Waals surface area contributed by atoms with E-state index in [2.05, 4.69) is 16.4 Å². The van der Waals surface area contributed by atoms with Crippen molar-refractivity contribution in [1.82, 2.24) is 15.2 Å². The van der Waals surface area contributed by atoms with Crippen LogP contribution in [0.4, 0.5) is 0 Å². The highest BCUT2D eigenvalue weighted by Gasteiger charge is 2.27. The van der Waals surface area contributed by atoms with E-state index < -0.39 is 0 Å². The van der Waals surface area contributed by atoms with Gasteiger partial charge >= 0.3 is 0 Å². The zero-order valence-electron chi connectivity index (χ0n) is 14.7. The maximum Gasteiger partial charge on any atom is 0.237 e. The normalized spacial score (nSPS) is 16.7. The van der Waals surface area contributed by atoms with E-state index in [-0.39, 0.29) is 18.5 Å². The van der Waals surface area contributed by atoms with E-state index in [9.17, 15) is 4.79 Å². The Labute approximate surface area is 157 Å². The van der Waals surface area contributed by atoms with Crippen LogP contribution in [0.15, 0.2) is 28.7 Å². The average molecular weight is 373 g/mol. The van der Waals surface area contributed by atoms with Gasteiger partial charge in [-0.3, -0.25) is 4.79 Å². The third-order valence-electron chi connectivity index (χ3n) is 4.52. The van der Waals surface area contributed by atoms with E-state index in [1.165, 1.54) is 0 Å². The zero-order chi connectivity index (χ0) is 18.5. The molecule has 1 aromatic heterocycles. The highest BCUT2D eigenvalue weighted by Crippen LogP contribution is 2.23. The van der Waals surface area contributed by atoms with Gasteiger partial charge in [0.25, 0.3) is 0 Å². The predicted molar refractivity (Wildman–Crippen MR) is 98.6 cm³/mol. The number of nitrogens with one attached hydrogen (secondary N) is 1. The lowest BCUT2D eigenvalue weighted by Gasteiger charge is -2.19. The summed E-state index contributed by atoms with van der Waals surface area (Å²) in [5, 5.41) is 12.9. The number of nitrogens with zero attached hydrogens (tertiary/aromatic N) is 3. The molecule has 1 amide bonds. The van der Waals surface area contributed by atoms with E-state index >= 15 is 0 Å². The third kappa shape index (κ3) is 4.24. The monoisotopic (exact) mass is 372 g/mol. The molecule has 136 valence electrons. The summed E-state index contributed by atoms with van der Waals surface area (Å²) in [6.45, 7) is 3.41. The number of carbonyl (C=O) groups is 1. The number of likely N-dealkylation sites (tertiary alicyclic amines) is 1. The topological polar surface area (TPSA) is 82.2 Å². The van der Waals surface area contributed by atoms with Gasteiger partial charge < -0.3 is 14.6 Å². The first-order valence-corrected chi connectivity index (χ1v) is 9.08. The van der Waals surface area contributed by atoms with Crippen molar-refractivity contribution in [1.29, 1.82) is 5.26 Å². The highest BCUT2D eigenvalue weighted by atomic mass is 35.5. The molecule has 6 nitrogen and oxygen atoms in total. The maximum absolute atomic E-state index is 12.2. The Kier molecular flexibility index (Phi) is 5.92. The molecule has 1 saturated heterocycles. The van der Waals surface area contributed by atoms with Crippen molar-refractivity contribution in [3.8, 4) is 17.5 Å². The summed E-state index contributed by atoms with van der Waals surface area (Å²) in [5.41, 5.74) is 1.74. The molecule has 7 heteroatoms. The number of benzene rings is 1. The number of hydrogen-bond donors (Lipinski definition) is 1. The van der Waals surface area contributed by atoms with Crippen LogP contribution in [-0.4, -0.2) is 41.5 Å². The summed E-state index contributed by atoms with van der Waals surface area (Å²) in [4.78, 5) is 18.4. The molecule has 1 aliphatic rings. The Morgan fingerprint density at radius 2 is 2.23 bits per heavy atom. The first kappa shape index (κ1) is 18.4. The lowest BCUT2D eigenvalue weighted by atomic mass is 10.2. The summed E-state index contributed by atoms with van der Waals surface area (Å²) in [6.07, 6.45) is 2.33. The Balaban J connectivity index is 1.50. The van der Waals surface area contributed by atoms with Crippen molar-refractivity contribution in [3.63, 3.8) is 0 Å². The van der Waals surface area contributed by atoms with Crippen LogP contribution in [0, 0.1) is 18.3 Å². The first-order chi connectivity index (χ1) is 12.6. The average Bonchev–Trinajstić information content (AvgIpc) is 3.26. The van der Waals surface area contributed by atoms with Gasteiger partial charge in [-0.25, -0.2) is 4.98 Å². The number of rotatable bonds is 6. The van der Waals surface area contributed by atoms with Crippen LogP contribution in [0.25, 0.3) is 11.5 Å². The van der Waals surface area contributed by atoms with Crippen molar-refractivity contribution in [3.05, 3.63) is 40.7 Å². The summed E-state index contributed by atoms with van der Waals surface area (Å²) in [5.74, 6) is 1.32. The molecule has 1 aliphatic heterocycles. The quantitative estimate of drug-likeness (QED) is 0.788. The van der Waals surface area contributed by atoms with Gasteiger partial charge in [-0.2, -0.15) is 5.26 Å². The molecule has 1 aromatic carbocycles. The van der Waals surface area contributed by atoms with Crippen molar-refractivity contribution >= 4 is 17.5 Å². The lowest BCUT2D eigenvalue weighted by Crippen LogP contribution is -2.41. The second-order valence-electron chi connectivity index (χ2n) is 6.33. The smallest absolute Gasteiger partial charge is 0.237 e. The number of amides is 1. The van der Waals surface area contributed by atoms with E-state index in [4.69, 9.17) is 21.3 Å². The van der Waals surface area contributed by atoms with E-state index in [0.717, 1.165) is 29.9 Å². The van der Waals surface area contributed by atoms with E-state index in [0.29, 0.717) is 30.4 Å². The fourth-order valence-electron chi connectivity index (χ4n) is 3.08. The van der Waals surface area contributed by atoms with E-state index in [1.54, 1.807) is 17.0 Å². The summed E-state index contributed by atoms with van der Waals surface area (Å²) >= 11 is 5.90. The molecular weight excluding hydrogens is 352 g/mol. The van der Waals surface area contributed by atoms with Crippen LogP contribution in [0.2, 0.25) is 5.02 Å². The number of nitriles is 1. The second-order valence-corrected chi connectivity index (χ2v) is 6.77. The summed E-state index contributed by atoms with van der Waals surface area (Å²) in [7, 11) is 0. The molecule has 0 aliphatic carbocycles. The highest BCUT2D eigenvalue weighted by molar-refractivity contribution is 6.30. The van der Waals surface area contributed by atoms with E-state index in [1.807, 2.05) is 19.1 Å².